The number of benzene rings is 1. The Labute approximate surface area is 181 Å². The van der Waals surface area contributed by atoms with E-state index in [4.69, 9.17) is 16.2 Å². The molecule has 2 fully saturated rings. The van der Waals surface area contributed by atoms with Gasteiger partial charge in [-0.15, -0.1) is 0 Å². The van der Waals surface area contributed by atoms with Crippen LogP contribution in [0, 0.1) is 11.7 Å². The number of halogens is 1. The second-order valence-corrected chi connectivity index (χ2v) is 7.82. The van der Waals surface area contributed by atoms with Gasteiger partial charge in [-0.1, -0.05) is 0 Å². The van der Waals surface area contributed by atoms with Crippen molar-refractivity contribution < 1.29 is 19.0 Å². The zero-order chi connectivity index (χ0) is 22.2. The number of amides is 1. The molecule has 0 radical (unpaired) electrons. The SMILES string of the molecule is N/C=C(\N/C=C(/O)C(N)=Nc1ccc(F)cc1)C1CCN(C(=O)OC2CCCC2)CC1. The maximum Gasteiger partial charge on any atom is 0.410 e. The highest BCUT2D eigenvalue weighted by Crippen LogP contribution is 2.26. The molecule has 9 heteroatoms. The van der Waals surface area contributed by atoms with Crippen LogP contribution in [-0.2, 0) is 4.74 Å². The maximum atomic E-state index is 13.0. The Bertz CT molecular complexity index is 839. The Kier molecular flexibility index (Phi) is 7.75. The first kappa shape index (κ1) is 22.5. The largest absolute Gasteiger partial charge is 0.503 e. The highest BCUT2D eigenvalue weighted by molar-refractivity contribution is 5.96. The van der Waals surface area contributed by atoms with Crippen LogP contribution in [0.15, 0.2) is 53.1 Å². The number of ether oxygens (including phenoxy) is 1. The van der Waals surface area contributed by atoms with Gasteiger partial charge in [0.05, 0.1) is 5.69 Å². The molecule has 1 amide bonds. The van der Waals surface area contributed by atoms with Gasteiger partial charge in [0.15, 0.2) is 11.6 Å². The molecule has 31 heavy (non-hydrogen) atoms. The number of rotatable bonds is 6. The van der Waals surface area contributed by atoms with E-state index >= 15 is 0 Å². The Hall–Kier alpha value is -3.23. The van der Waals surface area contributed by atoms with E-state index in [9.17, 15) is 14.3 Å². The van der Waals surface area contributed by atoms with Gasteiger partial charge in [-0.05, 0) is 62.8 Å². The standard InChI is InChI=1S/C22H30FN5O3/c23-16-5-7-17(8-6-16)27-21(25)20(29)14-26-19(13-24)15-9-11-28(12-10-15)22(30)31-18-3-1-2-4-18/h5-8,13-15,18,26,29H,1-4,9-12,24H2,(H2,25,27)/b19-13-,20-14+. The Morgan fingerprint density at radius 2 is 1.84 bits per heavy atom. The van der Waals surface area contributed by atoms with Crippen molar-refractivity contribution in [3.8, 4) is 0 Å². The van der Waals surface area contributed by atoms with Crippen molar-refractivity contribution in [1.29, 1.82) is 0 Å². The first-order valence-corrected chi connectivity index (χ1v) is 10.6. The summed E-state index contributed by atoms with van der Waals surface area (Å²) in [6.45, 7) is 1.16. The number of piperidine rings is 1. The van der Waals surface area contributed by atoms with Gasteiger partial charge in [-0.25, -0.2) is 14.2 Å². The number of aliphatic hydroxyl groups excluding tert-OH is 1. The molecule has 0 aromatic heterocycles. The molecule has 1 aliphatic heterocycles. The molecule has 1 aromatic carbocycles. The predicted octanol–water partition coefficient (Wildman–Crippen LogP) is 3.39. The van der Waals surface area contributed by atoms with Gasteiger partial charge in [0, 0.05) is 37.1 Å². The summed E-state index contributed by atoms with van der Waals surface area (Å²) in [5.74, 6) is -0.643. The molecule has 0 unspecified atom stereocenters. The minimum absolute atomic E-state index is 0.0570. The summed E-state index contributed by atoms with van der Waals surface area (Å²) in [4.78, 5) is 18.1. The quantitative estimate of drug-likeness (QED) is 0.311. The number of carbonyl (C=O) groups excluding carboxylic acids is 1. The number of nitrogens with zero attached hydrogens (tertiary/aromatic N) is 2. The number of amidine groups is 1. The van der Waals surface area contributed by atoms with Crippen LogP contribution >= 0.6 is 0 Å². The van der Waals surface area contributed by atoms with E-state index in [1.807, 2.05) is 0 Å². The number of nitrogens with one attached hydrogen (secondary N) is 1. The predicted molar refractivity (Wildman–Crippen MR) is 117 cm³/mol. The lowest BCUT2D eigenvalue weighted by Gasteiger charge is -2.33. The van der Waals surface area contributed by atoms with E-state index < -0.39 is 0 Å². The topological polar surface area (TPSA) is 126 Å². The number of likely N-dealkylation sites (tertiary alicyclic amines) is 1. The van der Waals surface area contributed by atoms with Crippen molar-refractivity contribution >= 4 is 17.6 Å². The van der Waals surface area contributed by atoms with E-state index in [0.29, 0.717) is 18.8 Å². The summed E-state index contributed by atoms with van der Waals surface area (Å²) in [6.07, 6.45) is 8.19. The zero-order valence-electron chi connectivity index (χ0n) is 17.5. The molecular weight excluding hydrogens is 401 g/mol. The number of aliphatic hydroxyl groups is 1. The molecule has 0 spiro atoms. The average Bonchev–Trinajstić information content (AvgIpc) is 3.29. The van der Waals surface area contributed by atoms with Crippen LogP contribution in [0.1, 0.15) is 38.5 Å². The molecule has 1 saturated carbocycles. The number of allylic oxidation sites excluding steroid dienone is 1. The van der Waals surface area contributed by atoms with Crippen molar-refractivity contribution in [2.75, 3.05) is 13.1 Å². The van der Waals surface area contributed by atoms with Crippen LogP contribution in [0.3, 0.4) is 0 Å². The molecule has 168 valence electrons. The molecule has 0 bridgehead atoms. The smallest absolute Gasteiger partial charge is 0.410 e. The molecule has 0 atom stereocenters. The van der Waals surface area contributed by atoms with Crippen LogP contribution in [0.25, 0.3) is 0 Å². The highest BCUT2D eigenvalue weighted by Gasteiger charge is 2.28. The van der Waals surface area contributed by atoms with Crippen molar-refractivity contribution in [3.63, 3.8) is 0 Å². The van der Waals surface area contributed by atoms with Gasteiger partial charge >= 0.3 is 6.09 Å². The number of nitrogens with two attached hydrogens (primary N) is 2. The number of aliphatic imine (C=N–C) groups is 1. The van der Waals surface area contributed by atoms with Gasteiger partial charge in [-0.3, -0.25) is 0 Å². The van der Waals surface area contributed by atoms with Crippen LogP contribution in [-0.4, -0.2) is 41.1 Å². The molecule has 8 nitrogen and oxygen atoms in total. The minimum atomic E-state index is -0.380. The number of carbonyl (C=O) groups is 1. The molecule has 6 N–H and O–H groups in total. The molecule has 1 aliphatic carbocycles. The number of hydrogen-bond acceptors (Lipinski definition) is 6. The van der Waals surface area contributed by atoms with Crippen LogP contribution in [0.5, 0.6) is 0 Å². The van der Waals surface area contributed by atoms with Crippen molar-refractivity contribution in [2.45, 2.75) is 44.6 Å². The lowest BCUT2D eigenvalue weighted by molar-refractivity contribution is 0.0567. The fraction of sp³-hybridized carbons (Fsp3) is 0.455. The maximum absolute atomic E-state index is 13.0. The molecular formula is C22H30FN5O3. The van der Waals surface area contributed by atoms with Crippen molar-refractivity contribution in [3.05, 3.63) is 53.9 Å². The zero-order valence-corrected chi connectivity index (χ0v) is 17.5. The first-order chi connectivity index (χ1) is 15.0. The first-order valence-electron chi connectivity index (χ1n) is 10.6. The summed E-state index contributed by atoms with van der Waals surface area (Å²) in [5, 5.41) is 13.1. The molecule has 3 rings (SSSR count). The third-order valence-electron chi connectivity index (χ3n) is 5.66. The van der Waals surface area contributed by atoms with E-state index in [1.54, 1.807) is 4.90 Å². The fourth-order valence-electron chi connectivity index (χ4n) is 3.84. The van der Waals surface area contributed by atoms with Gasteiger partial charge in [0.25, 0.3) is 0 Å². The minimum Gasteiger partial charge on any atom is -0.503 e. The van der Waals surface area contributed by atoms with Gasteiger partial charge in [-0.2, -0.15) is 0 Å². The summed E-state index contributed by atoms with van der Waals surface area (Å²) < 4.78 is 18.5. The van der Waals surface area contributed by atoms with Gasteiger partial charge in [0.2, 0.25) is 0 Å². The lowest BCUT2D eigenvalue weighted by atomic mass is 9.94. The van der Waals surface area contributed by atoms with E-state index in [0.717, 1.165) is 44.2 Å². The Morgan fingerprint density at radius 3 is 2.45 bits per heavy atom. The third-order valence-corrected chi connectivity index (χ3v) is 5.66. The van der Waals surface area contributed by atoms with Gasteiger partial charge < -0.3 is 31.5 Å². The van der Waals surface area contributed by atoms with Crippen molar-refractivity contribution in [1.82, 2.24) is 10.2 Å². The fourth-order valence-corrected chi connectivity index (χ4v) is 3.84. The van der Waals surface area contributed by atoms with Crippen LogP contribution in [0.4, 0.5) is 14.9 Å². The Morgan fingerprint density at radius 1 is 1.19 bits per heavy atom. The summed E-state index contributed by atoms with van der Waals surface area (Å²) in [7, 11) is 0. The second kappa shape index (κ2) is 10.7. The third kappa shape index (κ3) is 6.37. The molecule has 1 heterocycles. The summed E-state index contributed by atoms with van der Waals surface area (Å²) in [5.41, 5.74) is 12.7. The normalized spacial score (nSPS) is 19.5. The summed E-state index contributed by atoms with van der Waals surface area (Å²) in [6, 6.07) is 5.44. The Balaban J connectivity index is 1.50. The summed E-state index contributed by atoms with van der Waals surface area (Å²) >= 11 is 0. The monoisotopic (exact) mass is 431 g/mol. The van der Waals surface area contributed by atoms with E-state index in [2.05, 4.69) is 10.3 Å². The molecule has 1 aromatic rings. The van der Waals surface area contributed by atoms with E-state index in [-0.39, 0.29) is 35.5 Å². The van der Waals surface area contributed by atoms with E-state index in [1.165, 1.54) is 36.7 Å². The lowest BCUT2D eigenvalue weighted by Crippen LogP contribution is -2.41. The molecule has 1 saturated heterocycles. The second-order valence-electron chi connectivity index (χ2n) is 7.82. The average molecular weight is 432 g/mol. The van der Waals surface area contributed by atoms with Crippen LogP contribution in [0.2, 0.25) is 0 Å². The van der Waals surface area contributed by atoms with Gasteiger partial charge in [0.1, 0.15) is 11.9 Å². The number of hydrogen-bond donors (Lipinski definition) is 4. The van der Waals surface area contributed by atoms with Crippen molar-refractivity contribution in [2.24, 2.45) is 22.4 Å². The molecule has 2 aliphatic rings. The highest BCUT2D eigenvalue weighted by atomic mass is 19.1. The van der Waals surface area contributed by atoms with Crippen LogP contribution < -0.4 is 16.8 Å².